The van der Waals surface area contributed by atoms with Gasteiger partial charge in [-0.05, 0) is 35.0 Å². The summed E-state index contributed by atoms with van der Waals surface area (Å²) in [6.45, 7) is 0.296. The highest BCUT2D eigenvalue weighted by molar-refractivity contribution is 7.12. The van der Waals surface area contributed by atoms with E-state index >= 15 is 0 Å². The summed E-state index contributed by atoms with van der Waals surface area (Å²) in [7, 11) is 0. The second kappa shape index (κ2) is 8.16. The maximum atomic E-state index is 13.4. The summed E-state index contributed by atoms with van der Waals surface area (Å²) >= 11 is 3.24. The summed E-state index contributed by atoms with van der Waals surface area (Å²) in [5.74, 6) is -0.142. The molecule has 2 aliphatic heterocycles. The zero-order valence-corrected chi connectivity index (χ0v) is 18.1. The molecule has 31 heavy (non-hydrogen) atoms. The molecule has 0 aliphatic carbocycles. The van der Waals surface area contributed by atoms with Crippen LogP contribution in [0.3, 0.4) is 0 Å². The Morgan fingerprint density at radius 1 is 1.10 bits per heavy atom. The third-order valence-electron chi connectivity index (χ3n) is 5.35. The van der Waals surface area contributed by atoms with Gasteiger partial charge in [0, 0.05) is 11.3 Å². The highest BCUT2D eigenvalue weighted by Gasteiger charge is 2.36. The first kappa shape index (κ1) is 19.8. The Morgan fingerprint density at radius 3 is 2.65 bits per heavy atom. The second-order valence-electron chi connectivity index (χ2n) is 7.35. The minimum Gasteiger partial charge on any atom is -0.477 e. The molecule has 0 saturated heterocycles. The highest BCUT2D eigenvalue weighted by Crippen LogP contribution is 2.37. The zero-order valence-electron chi connectivity index (χ0n) is 16.5. The molecular weight excluding hydrogens is 432 g/mol. The molecule has 9 heteroatoms. The van der Waals surface area contributed by atoms with E-state index in [0.717, 1.165) is 21.2 Å². The first-order valence-corrected chi connectivity index (χ1v) is 11.6. The number of thiophene rings is 2. The smallest absolute Gasteiger partial charge is 0.262 e. The number of primary amides is 1. The molecule has 7 nitrogen and oxygen atoms in total. The fraction of sp³-hybridized carbons (Fsp3) is 0.227. The lowest BCUT2D eigenvalue weighted by molar-refractivity contribution is -0.132. The minimum atomic E-state index is -0.806. The van der Waals surface area contributed by atoms with Crippen molar-refractivity contribution in [3.8, 4) is 5.75 Å². The van der Waals surface area contributed by atoms with E-state index in [1.807, 2.05) is 58.1 Å². The maximum Gasteiger partial charge on any atom is 0.262 e. The lowest BCUT2D eigenvalue weighted by Crippen LogP contribution is -2.50. The van der Waals surface area contributed by atoms with Crippen LogP contribution in [0.2, 0.25) is 0 Å². The van der Waals surface area contributed by atoms with Crippen molar-refractivity contribution in [3.05, 3.63) is 69.0 Å². The van der Waals surface area contributed by atoms with Crippen molar-refractivity contribution >= 4 is 45.9 Å². The monoisotopic (exact) mass is 452 g/mol. The number of amides is 2. The minimum absolute atomic E-state index is 0.0766. The van der Waals surface area contributed by atoms with Crippen molar-refractivity contribution in [2.75, 3.05) is 18.0 Å². The molecule has 0 saturated carbocycles. The number of hydrogen-bond donors (Lipinski definition) is 1. The van der Waals surface area contributed by atoms with Crippen LogP contribution in [-0.4, -0.2) is 41.7 Å². The number of benzene rings is 1. The van der Waals surface area contributed by atoms with Gasteiger partial charge < -0.3 is 15.4 Å². The molecule has 0 radical (unpaired) electrons. The molecule has 2 amide bonds. The van der Waals surface area contributed by atoms with Crippen molar-refractivity contribution in [1.82, 2.24) is 5.01 Å². The number of hydrogen-bond acceptors (Lipinski definition) is 7. The summed E-state index contributed by atoms with van der Waals surface area (Å²) in [5, 5.41) is 10.3. The first-order chi connectivity index (χ1) is 15.1. The van der Waals surface area contributed by atoms with Gasteiger partial charge in [0.1, 0.15) is 5.75 Å². The van der Waals surface area contributed by atoms with E-state index < -0.39 is 12.0 Å². The molecule has 158 valence electrons. The molecule has 0 fully saturated rings. The number of ether oxygens (including phenoxy) is 1. The summed E-state index contributed by atoms with van der Waals surface area (Å²) in [5.41, 5.74) is 7.18. The lowest BCUT2D eigenvalue weighted by Gasteiger charge is -2.35. The van der Waals surface area contributed by atoms with Crippen LogP contribution in [0, 0.1) is 0 Å². The van der Waals surface area contributed by atoms with Crippen molar-refractivity contribution in [3.63, 3.8) is 0 Å². The Balaban J connectivity index is 1.43. The third kappa shape index (κ3) is 3.82. The van der Waals surface area contributed by atoms with Crippen LogP contribution in [0.15, 0.2) is 64.4 Å². The SMILES string of the molecule is NC(=O)[C@@H]1CN(CC(=O)N2N=C(c3cccs3)C[C@H]2c2cccs2)c2ccccc2O1. The number of rotatable bonds is 5. The maximum absolute atomic E-state index is 13.4. The molecule has 2 aliphatic rings. The highest BCUT2D eigenvalue weighted by atomic mass is 32.1. The number of fused-ring (bicyclic) bond motifs is 1. The molecule has 3 aromatic rings. The van der Waals surface area contributed by atoms with Gasteiger partial charge in [0.25, 0.3) is 11.8 Å². The van der Waals surface area contributed by atoms with Gasteiger partial charge in [-0.15, -0.1) is 22.7 Å². The molecule has 1 aromatic carbocycles. The van der Waals surface area contributed by atoms with Gasteiger partial charge in [-0.1, -0.05) is 24.3 Å². The van der Waals surface area contributed by atoms with Crippen LogP contribution in [-0.2, 0) is 9.59 Å². The van der Waals surface area contributed by atoms with Gasteiger partial charge >= 0.3 is 0 Å². The Labute approximate surface area is 187 Å². The number of nitrogens with zero attached hydrogens (tertiary/aromatic N) is 3. The molecular formula is C22H20N4O3S2. The van der Waals surface area contributed by atoms with Crippen LogP contribution < -0.4 is 15.4 Å². The molecule has 2 N–H and O–H groups in total. The van der Waals surface area contributed by atoms with Crippen molar-refractivity contribution in [2.45, 2.75) is 18.6 Å². The van der Waals surface area contributed by atoms with Crippen LogP contribution in [0.25, 0.3) is 0 Å². The van der Waals surface area contributed by atoms with Gasteiger partial charge in [0.15, 0.2) is 6.10 Å². The Morgan fingerprint density at radius 2 is 1.90 bits per heavy atom. The Kier molecular flexibility index (Phi) is 5.21. The second-order valence-corrected chi connectivity index (χ2v) is 9.28. The summed E-state index contributed by atoms with van der Waals surface area (Å²) in [6.07, 6.45) is -0.129. The van der Waals surface area contributed by atoms with E-state index in [1.54, 1.807) is 33.7 Å². The number of para-hydroxylation sites is 2. The number of anilines is 1. The van der Waals surface area contributed by atoms with Crippen LogP contribution in [0.4, 0.5) is 5.69 Å². The predicted molar refractivity (Wildman–Crippen MR) is 122 cm³/mol. The normalized spacial score (nSPS) is 20.2. The summed E-state index contributed by atoms with van der Waals surface area (Å²) < 4.78 is 5.71. The number of nitrogens with two attached hydrogens (primary N) is 1. The molecule has 0 spiro atoms. The number of hydrazone groups is 1. The van der Waals surface area contributed by atoms with Gasteiger partial charge in [-0.3, -0.25) is 9.59 Å². The van der Waals surface area contributed by atoms with E-state index in [9.17, 15) is 9.59 Å². The van der Waals surface area contributed by atoms with E-state index in [0.29, 0.717) is 12.2 Å². The average Bonchev–Trinajstić information content (AvgIpc) is 3.54. The molecule has 0 unspecified atom stereocenters. The Bertz CT molecular complexity index is 1130. The van der Waals surface area contributed by atoms with Crippen LogP contribution >= 0.6 is 22.7 Å². The molecule has 2 aromatic heterocycles. The van der Waals surface area contributed by atoms with E-state index in [1.165, 1.54) is 0 Å². The lowest BCUT2D eigenvalue weighted by atomic mass is 10.1. The predicted octanol–water partition coefficient (Wildman–Crippen LogP) is 3.24. The van der Waals surface area contributed by atoms with Crippen LogP contribution in [0.5, 0.6) is 5.75 Å². The van der Waals surface area contributed by atoms with Crippen molar-refractivity contribution in [1.29, 1.82) is 0 Å². The first-order valence-electron chi connectivity index (χ1n) is 9.87. The summed E-state index contributed by atoms with van der Waals surface area (Å²) in [6, 6.07) is 15.3. The molecule has 5 rings (SSSR count). The molecule has 2 atom stereocenters. The topological polar surface area (TPSA) is 88.2 Å². The van der Waals surface area contributed by atoms with Gasteiger partial charge in [0.2, 0.25) is 0 Å². The zero-order chi connectivity index (χ0) is 21.4. The van der Waals surface area contributed by atoms with Gasteiger partial charge in [-0.2, -0.15) is 5.10 Å². The quantitative estimate of drug-likeness (QED) is 0.644. The Hall–Kier alpha value is -3.17. The third-order valence-corrected chi connectivity index (χ3v) is 7.24. The number of carbonyl (C=O) groups excluding carboxylic acids is 2. The standard InChI is InChI=1S/C22H20N4O3S2/c23-22(28)18-12-25(15-5-1-2-6-17(15)29-18)13-21(27)26-16(20-8-4-10-31-20)11-14(24-26)19-7-3-9-30-19/h1-10,16,18H,11-13H2,(H2,23,28)/t16-,18-/m0/s1. The van der Waals surface area contributed by atoms with Gasteiger partial charge in [-0.25, -0.2) is 5.01 Å². The van der Waals surface area contributed by atoms with Crippen molar-refractivity contribution in [2.24, 2.45) is 10.8 Å². The molecule has 0 bridgehead atoms. The summed E-state index contributed by atoms with van der Waals surface area (Å²) in [4.78, 5) is 29.3. The van der Waals surface area contributed by atoms with Gasteiger partial charge in [0.05, 0.1) is 35.4 Å². The van der Waals surface area contributed by atoms with E-state index in [2.05, 4.69) is 0 Å². The average molecular weight is 453 g/mol. The van der Waals surface area contributed by atoms with E-state index in [4.69, 9.17) is 15.6 Å². The number of carbonyl (C=O) groups is 2. The fourth-order valence-electron chi connectivity index (χ4n) is 3.87. The molecule has 4 heterocycles. The van der Waals surface area contributed by atoms with Crippen LogP contribution in [0.1, 0.15) is 22.2 Å². The fourth-order valence-corrected chi connectivity index (χ4v) is 5.41. The largest absolute Gasteiger partial charge is 0.477 e. The van der Waals surface area contributed by atoms with E-state index in [-0.39, 0.29) is 25.0 Å². The van der Waals surface area contributed by atoms with Crippen molar-refractivity contribution < 1.29 is 14.3 Å².